The Morgan fingerprint density at radius 1 is 1.47 bits per heavy atom. The first-order chi connectivity index (χ1) is 7.22. The number of carbonyl (C=O) groups is 1. The van der Waals surface area contributed by atoms with E-state index in [1.54, 1.807) is 18.2 Å². The first kappa shape index (κ1) is 9.39. The van der Waals surface area contributed by atoms with Crippen molar-refractivity contribution in [2.75, 3.05) is 12.8 Å². The molecule has 1 aromatic heterocycles. The smallest absolute Gasteiger partial charge is 0.338 e. The molecule has 0 amide bonds. The lowest BCUT2D eigenvalue weighted by Crippen LogP contribution is -2.03. The summed E-state index contributed by atoms with van der Waals surface area (Å²) in [5.74, 6) is -0.224. The molecule has 2 aromatic rings. The Kier molecular flexibility index (Phi) is 2.21. The number of ether oxygens (including phenoxy) is 1. The molecule has 5 nitrogen and oxygen atoms in total. The molecule has 0 radical (unpaired) electrons. The SMILES string of the molecule is COC(=O)c1cccc2nc(N)ncc12. The number of rotatable bonds is 1. The fraction of sp³-hybridized carbons (Fsp3) is 0.100. The number of nitrogen functional groups attached to an aromatic ring is 1. The third kappa shape index (κ3) is 1.59. The van der Waals surface area contributed by atoms with Gasteiger partial charge in [-0.05, 0) is 12.1 Å². The highest BCUT2D eigenvalue weighted by molar-refractivity contribution is 6.03. The van der Waals surface area contributed by atoms with Crippen LogP contribution in [0.3, 0.4) is 0 Å². The van der Waals surface area contributed by atoms with Gasteiger partial charge in [-0.15, -0.1) is 0 Å². The van der Waals surface area contributed by atoms with Crippen molar-refractivity contribution in [2.24, 2.45) is 0 Å². The molecule has 0 unspecified atom stereocenters. The lowest BCUT2D eigenvalue weighted by atomic mass is 10.1. The van der Waals surface area contributed by atoms with Crippen molar-refractivity contribution in [1.82, 2.24) is 9.97 Å². The molecule has 76 valence electrons. The van der Waals surface area contributed by atoms with E-state index in [4.69, 9.17) is 5.73 Å². The predicted molar refractivity (Wildman–Crippen MR) is 55.3 cm³/mol. The zero-order valence-corrected chi connectivity index (χ0v) is 8.10. The van der Waals surface area contributed by atoms with Crippen molar-refractivity contribution in [2.45, 2.75) is 0 Å². The molecule has 0 saturated carbocycles. The minimum Gasteiger partial charge on any atom is -0.465 e. The van der Waals surface area contributed by atoms with E-state index in [0.717, 1.165) is 0 Å². The van der Waals surface area contributed by atoms with Gasteiger partial charge in [-0.2, -0.15) is 0 Å². The van der Waals surface area contributed by atoms with Crippen molar-refractivity contribution in [3.8, 4) is 0 Å². The molecular weight excluding hydrogens is 194 g/mol. The van der Waals surface area contributed by atoms with Crippen molar-refractivity contribution >= 4 is 22.8 Å². The van der Waals surface area contributed by atoms with Gasteiger partial charge in [0, 0.05) is 11.6 Å². The number of nitrogens with two attached hydrogens (primary N) is 1. The number of esters is 1. The summed E-state index contributed by atoms with van der Waals surface area (Å²) in [7, 11) is 1.33. The van der Waals surface area contributed by atoms with Crippen molar-refractivity contribution in [1.29, 1.82) is 0 Å². The van der Waals surface area contributed by atoms with Gasteiger partial charge in [0.1, 0.15) is 0 Å². The van der Waals surface area contributed by atoms with Crippen LogP contribution in [0.15, 0.2) is 24.4 Å². The lowest BCUT2D eigenvalue weighted by Gasteiger charge is -2.03. The Bertz CT molecular complexity index is 525. The zero-order chi connectivity index (χ0) is 10.8. The molecule has 1 heterocycles. The third-order valence-corrected chi connectivity index (χ3v) is 2.05. The second-order valence-electron chi connectivity index (χ2n) is 2.96. The molecule has 0 saturated heterocycles. The standard InChI is InChI=1S/C10H9N3O2/c1-15-9(14)6-3-2-4-8-7(6)5-12-10(11)13-8/h2-5H,1H3,(H2,11,12,13). The molecule has 0 bridgehead atoms. The molecule has 0 atom stereocenters. The number of nitrogens with zero attached hydrogens (tertiary/aromatic N) is 2. The minimum atomic E-state index is -0.408. The number of hydrogen-bond acceptors (Lipinski definition) is 5. The summed E-state index contributed by atoms with van der Waals surface area (Å²) in [6.07, 6.45) is 1.52. The van der Waals surface area contributed by atoms with Crippen LogP contribution in [0.4, 0.5) is 5.95 Å². The summed E-state index contributed by atoms with van der Waals surface area (Å²) < 4.78 is 4.65. The maximum Gasteiger partial charge on any atom is 0.338 e. The second-order valence-corrected chi connectivity index (χ2v) is 2.96. The van der Waals surface area contributed by atoms with E-state index < -0.39 is 5.97 Å². The molecule has 0 spiro atoms. The van der Waals surface area contributed by atoms with Crippen molar-refractivity contribution in [3.63, 3.8) is 0 Å². The average molecular weight is 203 g/mol. The molecule has 2 N–H and O–H groups in total. The van der Waals surface area contributed by atoms with E-state index in [1.807, 2.05) is 0 Å². The largest absolute Gasteiger partial charge is 0.465 e. The monoisotopic (exact) mass is 203 g/mol. The molecule has 0 aliphatic carbocycles. The van der Waals surface area contributed by atoms with Crippen LogP contribution in [-0.4, -0.2) is 23.0 Å². The van der Waals surface area contributed by atoms with Crippen molar-refractivity contribution < 1.29 is 9.53 Å². The molecule has 5 heteroatoms. The first-order valence-electron chi connectivity index (χ1n) is 4.32. The van der Waals surface area contributed by atoms with Crippen LogP contribution in [0.1, 0.15) is 10.4 Å². The zero-order valence-electron chi connectivity index (χ0n) is 8.10. The first-order valence-corrected chi connectivity index (χ1v) is 4.32. The number of fused-ring (bicyclic) bond motifs is 1. The van der Waals surface area contributed by atoms with Crippen LogP contribution in [0, 0.1) is 0 Å². The van der Waals surface area contributed by atoms with Gasteiger partial charge in [-0.1, -0.05) is 6.07 Å². The molecule has 15 heavy (non-hydrogen) atoms. The van der Waals surface area contributed by atoms with Gasteiger partial charge in [-0.3, -0.25) is 0 Å². The van der Waals surface area contributed by atoms with Crippen LogP contribution < -0.4 is 5.73 Å². The van der Waals surface area contributed by atoms with E-state index in [0.29, 0.717) is 16.5 Å². The van der Waals surface area contributed by atoms with Crippen LogP contribution in [0.25, 0.3) is 10.9 Å². The number of benzene rings is 1. The summed E-state index contributed by atoms with van der Waals surface area (Å²) in [4.78, 5) is 19.3. The summed E-state index contributed by atoms with van der Waals surface area (Å²) in [6, 6.07) is 5.15. The highest BCUT2D eigenvalue weighted by atomic mass is 16.5. The fourth-order valence-electron chi connectivity index (χ4n) is 1.36. The number of carbonyl (C=O) groups excluding carboxylic acids is 1. The normalized spacial score (nSPS) is 10.2. The van der Waals surface area contributed by atoms with Gasteiger partial charge in [0.05, 0.1) is 18.2 Å². The van der Waals surface area contributed by atoms with Crippen molar-refractivity contribution in [3.05, 3.63) is 30.0 Å². The second kappa shape index (κ2) is 3.53. The van der Waals surface area contributed by atoms with Crippen LogP contribution >= 0.6 is 0 Å². The molecular formula is C10H9N3O2. The minimum absolute atomic E-state index is 0.185. The number of aromatic nitrogens is 2. The van der Waals surface area contributed by atoms with Crippen LogP contribution in [0.2, 0.25) is 0 Å². The van der Waals surface area contributed by atoms with Crippen LogP contribution in [-0.2, 0) is 4.74 Å². The van der Waals surface area contributed by atoms with Gasteiger partial charge in [0.25, 0.3) is 0 Å². The predicted octanol–water partition coefficient (Wildman–Crippen LogP) is 0.999. The summed E-state index contributed by atoms with van der Waals surface area (Å²) >= 11 is 0. The van der Waals surface area contributed by atoms with E-state index in [9.17, 15) is 4.79 Å². The highest BCUT2D eigenvalue weighted by Crippen LogP contribution is 2.17. The van der Waals surface area contributed by atoms with E-state index in [-0.39, 0.29) is 5.95 Å². The van der Waals surface area contributed by atoms with Gasteiger partial charge in [0.15, 0.2) is 0 Å². The fourth-order valence-corrected chi connectivity index (χ4v) is 1.36. The number of methoxy groups -OCH3 is 1. The van der Waals surface area contributed by atoms with Gasteiger partial charge >= 0.3 is 5.97 Å². The van der Waals surface area contributed by atoms with E-state index in [1.165, 1.54) is 13.3 Å². The highest BCUT2D eigenvalue weighted by Gasteiger charge is 2.10. The number of anilines is 1. The maximum atomic E-state index is 11.4. The number of hydrogen-bond donors (Lipinski definition) is 1. The quantitative estimate of drug-likeness (QED) is 0.699. The molecule has 2 rings (SSSR count). The summed E-state index contributed by atoms with van der Waals surface area (Å²) in [5, 5.41) is 0.638. The Hall–Kier alpha value is -2.17. The van der Waals surface area contributed by atoms with Crippen LogP contribution in [0.5, 0.6) is 0 Å². The summed E-state index contributed by atoms with van der Waals surface area (Å²) in [6.45, 7) is 0. The van der Waals surface area contributed by atoms with Gasteiger partial charge < -0.3 is 10.5 Å². The summed E-state index contributed by atoms with van der Waals surface area (Å²) in [5.41, 5.74) is 6.51. The van der Waals surface area contributed by atoms with E-state index in [2.05, 4.69) is 14.7 Å². The molecule has 0 fully saturated rings. The molecule has 0 aliphatic heterocycles. The Morgan fingerprint density at radius 3 is 3.00 bits per heavy atom. The molecule has 0 aliphatic rings. The topological polar surface area (TPSA) is 78.1 Å². The molecule has 1 aromatic carbocycles. The lowest BCUT2D eigenvalue weighted by molar-refractivity contribution is 0.0603. The van der Waals surface area contributed by atoms with Gasteiger partial charge in [-0.25, -0.2) is 14.8 Å². The Balaban J connectivity index is 2.71. The van der Waals surface area contributed by atoms with E-state index >= 15 is 0 Å². The third-order valence-electron chi connectivity index (χ3n) is 2.05. The average Bonchev–Trinajstić information content (AvgIpc) is 2.26. The Morgan fingerprint density at radius 2 is 2.27 bits per heavy atom. The van der Waals surface area contributed by atoms with Gasteiger partial charge in [0.2, 0.25) is 5.95 Å². The maximum absolute atomic E-state index is 11.4. The Labute approximate surface area is 85.9 Å².